The lowest BCUT2D eigenvalue weighted by molar-refractivity contribution is -0.121. The normalized spacial score (nSPS) is 10.6. The minimum Gasteiger partial charge on any atom is -0.497 e. The molecule has 0 fully saturated rings. The highest BCUT2D eigenvalue weighted by molar-refractivity contribution is 7.09. The van der Waals surface area contributed by atoms with Crippen molar-refractivity contribution in [3.05, 3.63) is 62.9 Å². The molecular weight excluding hydrogens is 443 g/mol. The number of nitrogens with one attached hydrogen (secondary N) is 1. The number of rotatable bonds is 10. The Morgan fingerprint density at radius 2 is 1.97 bits per heavy atom. The summed E-state index contributed by atoms with van der Waals surface area (Å²) in [6.45, 7) is 0.963. The summed E-state index contributed by atoms with van der Waals surface area (Å²) in [5.74, 6) is 1.38. The van der Waals surface area contributed by atoms with Crippen LogP contribution in [0.5, 0.6) is 11.5 Å². The van der Waals surface area contributed by atoms with Crippen LogP contribution in [-0.4, -0.2) is 31.2 Å². The maximum absolute atomic E-state index is 12.0. The van der Waals surface area contributed by atoms with E-state index in [4.69, 9.17) is 32.7 Å². The Bertz CT molecular complexity index is 977. The van der Waals surface area contributed by atoms with Crippen molar-refractivity contribution < 1.29 is 14.3 Å². The van der Waals surface area contributed by atoms with Gasteiger partial charge < -0.3 is 14.8 Å². The Labute approximate surface area is 190 Å². The van der Waals surface area contributed by atoms with Gasteiger partial charge in [-0.2, -0.15) is 0 Å². The topological polar surface area (TPSA) is 60.5 Å². The summed E-state index contributed by atoms with van der Waals surface area (Å²) >= 11 is 13.5. The minimum absolute atomic E-state index is 0.00672. The highest BCUT2D eigenvalue weighted by atomic mass is 35.5. The first-order chi connectivity index (χ1) is 14.5. The second-order valence-electron chi connectivity index (χ2n) is 6.48. The summed E-state index contributed by atoms with van der Waals surface area (Å²) in [5.41, 5.74) is 1.98. The van der Waals surface area contributed by atoms with Gasteiger partial charge in [0.15, 0.2) is 0 Å². The van der Waals surface area contributed by atoms with Gasteiger partial charge in [-0.25, -0.2) is 4.98 Å². The third kappa shape index (κ3) is 6.62. The van der Waals surface area contributed by atoms with Crippen molar-refractivity contribution >= 4 is 40.4 Å². The number of thiazole rings is 1. The summed E-state index contributed by atoms with van der Waals surface area (Å²) in [5, 5.41) is 6.96. The summed E-state index contributed by atoms with van der Waals surface area (Å²) in [7, 11) is 1.65. The summed E-state index contributed by atoms with van der Waals surface area (Å²) < 4.78 is 10.8. The SMILES string of the molecule is COc1ccc(-c2csc(CCNC(=O)CCCOc3ccc(Cl)cc3Cl)n2)cc1. The number of methoxy groups -OCH3 is 1. The predicted molar refractivity (Wildman–Crippen MR) is 122 cm³/mol. The number of hydrogen-bond acceptors (Lipinski definition) is 5. The molecule has 0 saturated heterocycles. The Morgan fingerprint density at radius 3 is 2.70 bits per heavy atom. The van der Waals surface area contributed by atoms with Crippen LogP contribution in [0, 0.1) is 0 Å². The third-order valence-electron chi connectivity index (χ3n) is 4.30. The van der Waals surface area contributed by atoms with Gasteiger partial charge in [0.05, 0.1) is 29.4 Å². The Hall–Kier alpha value is -2.28. The molecule has 3 aromatic rings. The van der Waals surface area contributed by atoms with Gasteiger partial charge in [-0.1, -0.05) is 23.2 Å². The van der Waals surface area contributed by atoms with Gasteiger partial charge in [-0.15, -0.1) is 11.3 Å². The molecule has 3 rings (SSSR count). The fourth-order valence-electron chi connectivity index (χ4n) is 2.72. The Balaban J connectivity index is 1.35. The largest absolute Gasteiger partial charge is 0.497 e. The molecule has 0 bridgehead atoms. The van der Waals surface area contributed by atoms with Crippen molar-refractivity contribution in [2.75, 3.05) is 20.3 Å². The van der Waals surface area contributed by atoms with Crippen LogP contribution >= 0.6 is 34.5 Å². The first kappa shape index (κ1) is 22.4. The van der Waals surface area contributed by atoms with E-state index < -0.39 is 0 Å². The molecule has 0 saturated carbocycles. The molecule has 5 nitrogen and oxygen atoms in total. The van der Waals surface area contributed by atoms with E-state index in [1.54, 1.807) is 36.6 Å². The van der Waals surface area contributed by atoms with Crippen LogP contribution < -0.4 is 14.8 Å². The summed E-state index contributed by atoms with van der Waals surface area (Å²) in [6, 6.07) is 12.9. The zero-order valence-electron chi connectivity index (χ0n) is 16.5. The van der Waals surface area contributed by atoms with Crippen molar-refractivity contribution in [2.24, 2.45) is 0 Å². The predicted octanol–water partition coefficient (Wildman–Crippen LogP) is 5.64. The minimum atomic E-state index is -0.00672. The monoisotopic (exact) mass is 464 g/mol. The van der Waals surface area contributed by atoms with Crippen molar-refractivity contribution in [1.82, 2.24) is 10.3 Å². The number of aromatic nitrogens is 1. The lowest BCUT2D eigenvalue weighted by Crippen LogP contribution is -2.25. The van der Waals surface area contributed by atoms with E-state index in [1.807, 2.05) is 29.6 Å². The molecule has 0 unspecified atom stereocenters. The zero-order valence-corrected chi connectivity index (χ0v) is 18.8. The Morgan fingerprint density at radius 1 is 1.17 bits per heavy atom. The fraction of sp³-hybridized carbons (Fsp3) is 0.273. The van der Waals surface area contributed by atoms with Gasteiger partial charge in [0.2, 0.25) is 5.91 Å². The van der Waals surface area contributed by atoms with E-state index in [1.165, 1.54) is 0 Å². The quantitative estimate of drug-likeness (QED) is 0.394. The maximum Gasteiger partial charge on any atom is 0.220 e. The molecule has 0 atom stereocenters. The number of hydrogen-bond donors (Lipinski definition) is 1. The first-order valence-electron chi connectivity index (χ1n) is 9.48. The van der Waals surface area contributed by atoms with Crippen LogP contribution in [0.3, 0.4) is 0 Å². The van der Waals surface area contributed by atoms with Crippen molar-refractivity contribution in [3.8, 4) is 22.8 Å². The lowest BCUT2D eigenvalue weighted by Gasteiger charge is -2.08. The van der Waals surface area contributed by atoms with Gasteiger partial charge in [0, 0.05) is 35.4 Å². The highest BCUT2D eigenvalue weighted by Gasteiger charge is 2.07. The third-order valence-corrected chi connectivity index (χ3v) is 5.74. The van der Waals surface area contributed by atoms with E-state index in [9.17, 15) is 4.79 Å². The van der Waals surface area contributed by atoms with Crippen LogP contribution in [0.25, 0.3) is 11.3 Å². The number of ether oxygens (including phenoxy) is 2. The van der Waals surface area contributed by atoms with Gasteiger partial charge >= 0.3 is 0 Å². The molecule has 0 radical (unpaired) electrons. The molecule has 1 amide bonds. The van der Waals surface area contributed by atoms with Crippen molar-refractivity contribution in [1.29, 1.82) is 0 Å². The Kier molecular flexibility index (Phi) is 8.37. The zero-order chi connectivity index (χ0) is 21.3. The van der Waals surface area contributed by atoms with E-state index in [0.717, 1.165) is 22.0 Å². The molecular formula is C22H22Cl2N2O3S. The standard InChI is InChI=1S/C22H22Cl2N2O3S/c1-28-17-7-4-15(5-8-17)19-14-30-22(26-19)10-11-25-21(27)3-2-12-29-20-9-6-16(23)13-18(20)24/h4-9,13-14H,2-3,10-12H2,1H3,(H,25,27). The number of benzene rings is 2. The molecule has 1 N–H and O–H groups in total. The van der Waals surface area contributed by atoms with E-state index in [2.05, 4.69) is 10.3 Å². The van der Waals surface area contributed by atoms with E-state index in [0.29, 0.717) is 48.2 Å². The van der Waals surface area contributed by atoms with Gasteiger partial charge in [-0.05, 0) is 48.9 Å². The summed E-state index contributed by atoms with van der Waals surface area (Å²) in [6.07, 6.45) is 1.69. The molecule has 0 aliphatic heterocycles. The molecule has 1 aromatic heterocycles. The van der Waals surface area contributed by atoms with Gasteiger partial charge in [-0.3, -0.25) is 4.79 Å². The molecule has 1 heterocycles. The second kappa shape index (κ2) is 11.2. The molecule has 0 aliphatic carbocycles. The molecule has 8 heteroatoms. The maximum atomic E-state index is 12.0. The number of carbonyl (C=O) groups is 1. The number of nitrogens with zero attached hydrogens (tertiary/aromatic N) is 1. The number of carbonyl (C=O) groups excluding carboxylic acids is 1. The molecule has 158 valence electrons. The van der Waals surface area contributed by atoms with Crippen LogP contribution in [0.1, 0.15) is 17.8 Å². The number of halogens is 2. The average molecular weight is 465 g/mol. The summed E-state index contributed by atoms with van der Waals surface area (Å²) in [4.78, 5) is 16.6. The van der Waals surface area contributed by atoms with Gasteiger partial charge in [0.1, 0.15) is 11.5 Å². The molecule has 30 heavy (non-hydrogen) atoms. The average Bonchev–Trinajstić information content (AvgIpc) is 3.21. The van der Waals surface area contributed by atoms with Crippen LogP contribution in [0.4, 0.5) is 0 Å². The van der Waals surface area contributed by atoms with E-state index in [-0.39, 0.29) is 5.91 Å². The first-order valence-corrected chi connectivity index (χ1v) is 11.1. The fourth-order valence-corrected chi connectivity index (χ4v) is 3.99. The van der Waals surface area contributed by atoms with E-state index >= 15 is 0 Å². The molecule has 2 aromatic carbocycles. The number of amides is 1. The van der Waals surface area contributed by atoms with Crippen LogP contribution in [0.2, 0.25) is 10.0 Å². The van der Waals surface area contributed by atoms with Crippen LogP contribution in [0.15, 0.2) is 47.8 Å². The van der Waals surface area contributed by atoms with Gasteiger partial charge in [0.25, 0.3) is 0 Å². The molecule has 0 aliphatic rings. The smallest absolute Gasteiger partial charge is 0.220 e. The van der Waals surface area contributed by atoms with Crippen molar-refractivity contribution in [3.63, 3.8) is 0 Å². The highest BCUT2D eigenvalue weighted by Crippen LogP contribution is 2.27. The van der Waals surface area contributed by atoms with Crippen molar-refractivity contribution in [2.45, 2.75) is 19.3 Å². The second-order valence-corrected chi connectivity index (χ2v) is 8.27. The molecule has 0 spiro atoms. The van der Waals surface area contributed by atoms with Crippen LogP contribution in [-0.2, 0) is 11.2 Å². The lowest BCUT2D eigenvalue weighted by atomic mass is 10.2.